The number of benzene rings is 1. The van der Waals surface area contributed by atoms with E-state index in [4.69, 9.17) is 11.6 Å². The molecule has 0 aliphatic heterocycles. The first-order valence-corrected chi connectivity index (χ1v) is 5.68. The fourth-order valence-electron chi connectivity index (χ4n) is 1.56. The second kappa shape index (κ2) is 5.52. The molecule has 1 heterocycles. The van der Waals surface area contributed by atoms with Gasteiger partial charge in [-0.3, -0.25) is 10.1 Å². The minimum Gasteiger partial charge on any atom is -0.405 e. The maximum atomic E-state index is 12.4. The van der Waals surface area contributed by atoms with E-state index in [0.29, 0.717) is 0 Å². The fourth-order valence-corrected chi connectivity index (χ4v) is 1.70. The molecule has 21 heavy (non-hydrogen) atoms. The van der Waals surface area contributed by atoms with Gasteiger partial charge in [0.2, 0.25) is 5.28 Å². The van der Waals surface area contributed by atoms with Gasteiger partial charge in [0.15, 0.2) is 5.69 Å². The van der Waals surface area contributed by atoms with Gasteiger partial charge in [-0.1, -0.05) is 12.1 Å². The van der Waals surface area contributed by atoms with E-state index in [1.807, 2.05) is 0 Å². The smallest absolute Gasteiger partial charge is 0.405 e. The maximum Gasteiger partial charge on any atom is 0.573 e. The summed E-state index contributed by atoms with van der Waals surface area (Å²) in [6, 6.07) is 4.90. The number of rotatable bonds is 3. The summed E-state index contributed by atoms with van der Waals surface area (Å²) in [7, 11) is 0. The van der Waals surface area contributed by atoms with Gasteiger partial charge < -0.3 is 4.74 Å². The number of hydrogen-bond donors (Lipinski definition) is 0. The Labute approximate surface area is 120 Å². The van der Waals surface area contributed by atoms with Gasteiger partial charge in [-0.05, 0) is 23.7 Å². The molecule has 6 nitrogen and oxygen atoms in total. The van der Waals surface area contributed by atoms with Crippen LogP contribution in [0.15, 0.2) is 30.5 Å². The van der Waals surface area contributed by atoms with E-state index in [0.717, 1.165) is 12.3 Å². The average Bonchev–Trinajstić information content (AvgIpc) is 2.37. The van der Waals surface area contributed by atoms with Gasteiger partial charge in [0.1, 0.15) is 11.9 Å². The zero-order valence-electron chi connectivity index (χ0n) is 9.96. The summed E-state index contributed by atoms with van der Waals surface area (Å²) in [5, 5.41) is 10.6. The molecule has 10 heteroatoms. The largest absolute Gasteiger partial charge is 0.573 e. The molecule has 0 aliphatic rings. The molecular formula is C11H5ClF3N3O3. The van der Waals surface area contributed by atoms with E-state index in [-0.39, 0.29) is 16.5 Å². The predicted octanol–water partition coefficient (Wildman–Crippen LogP) is 3.60. The van der Waals surface area contributed by atoms with Crippen LogP contribution in [0.3, 0.4) is 0 Å². The lowest BCUT2D eigenvalue weighted by Crippen LogP contribution is -2.17. The molecular weight excluding hydrogens is 315 g/mol. The highest BCUT2D eigenvalue weighted by Gasteiger charge is 2.33. The lowest BCUT2D eigenvalue weighted by Gasteiger charge is -2.12. The van der Waals surface area contributed by atoms with E-state index in [1.165, 1.54) is 18.2 Å². The third-order valence-electron chi connectivity index (χ3n) is 2.30. The Kier molecular flexibility index (Phi) is 3.94. The molecule has 0 radical (unpaired) electrons. The summed E-state index contributed by atoms with van der Waals surface area (Å²) in [6.07, 6.45) is -4.13. The molecule has 110 valence electrons. The van der Waals surface area contributed by atoms with E-state index >= 15 is 0 Å². The number of nitro groups is 1. The van der Waals surface area contributed by atoms with Crippen molar-refractivity contribution in [2.45, 2.75) is 6.36 Å². The van der Waals surface area contributed by atoms with Gasteiger partial charge in [0.05, 0.1) is 4.92 Å². The van der Waals surface area contributed by atoms with Crippen LogP contribution in [-0.4, -0.2) is 21.3 Å². The van der Waals surface area contributed by atoms with Crippen LogP contribution >= 0.6 is 11.6 Å². The maximum absolute atomic E-state index is 12.4. The SMILES string of the molecule is O=[N+]([O-])c1cnc(Cl)nc1-c1ccccc1OC(F)(F)F. The van der Waals surface area contributed by atoms with Crippen molar-refractivity contribution in [3.63, 3.8) is 0 Å². The standard InChI is InChI=1S/C11H5ClF3N3O3/c12-10-16-5-7(18(19)20)9(17-10)6-3-1-2-4-8(6)21-11(13,14)15/h1-5H. The molecule has 0 bridgehead atoms. The topological polar surface area (TPSA) is 78.2 Å². The van der Waals surface area contributed by atoms with Crippen LogP contribution in [0.5, 0.6) is 5.75 Å². The number of halogens is 4. The second-order valence-electron chi connectivity index (χ2n) is 3.67. The van der Waals surface area contributed by atoms with Crippen LogP contribution in [0.25, 0.3) is 11.3 Å². The molecule has 2 aromatic rings. The Morgan fingerprint density at radius 2 is 1.95 bits per heavy atom. The van der Waals surface area contributed by atoms with Crippen molar-refractivity contribution in [1.82, 2.24) is 9.97 Å². The number of ether oxygens (including phenoxy) is 1. The fraction of sp³-hybridized carbons (Fsp3) is 0.0909. The molecule has 1 aromatic carbocycles. The molecule has 0 amide bonds. The third-order valence-corrected chi connectivity index (χ3v) is 2.49. The van der Waals surface area contributed by atoms with Crippen molar-refractivity contribution < 1.29 is 22.8 Å². The summed E-state index contributed by atoms with van der Waals surface area (Å²) >= 11 is 5.55. The van der Waals surface area contributed by atoms with Gasteiger partial charge in [-0.25, -0.2) is 9.97 Å². The highest BCUT2D eigenvalue weighted by atomic mass is 35.5. The number of hydrogen-bond acceptors (Lipinski definition) is 5. The Hall–Kier alpha value is -2.42. The Morgan fingerprint density at radius 1 is 1.29 bits per heavy atom. The molecule has 0 saturated carbocycles. The molecule has 1 aromatic heterocycles. The van der Waals surface area contributed by atoms with E-state index in [1.54, 1.807) is 0 Å². The van der Waals surface area contributed by atoms with Crippen LogP contribution in [0, 0.1) is 10.1 Å². The van der Waals surface area contributed by atoms with Crippen LogP contribution in [0.2, 0.25) is 5.28 Å². The normalized spacial score (nSPS) is 11.2. The van der Waals surface area contributed by atoms with E-state index in [2.05, 4.69) is 14.7 Å². The van der Waals surface area contributed by atoms with Gasteiger partial charge in [0, 0.05) is 5.56 Å². The van der Waals surface area contributed by atoms with Crippen molar-refractivity contribution in [1.29, 1.82) is 0 Å². The molecule has 0 fully saturated rings. The van der Waals surface area contributed by atoms with Crippen LogP contribution in [0.4, 0.5) is 18.9 Å². The average molecular weight is 320 g/mol. The lowest BCUT2D eigenvalue weighted by molar-refractivity contribution is -0.384. The van der Waals surface area contributed by atoms with Gasteiger partial charge in [-0.2, -0.15) is 0 Å². The van der Waals surface area contributed by atoms with Crippen LogP contribution in [-0.2, 0) is 0 Å². The van der Waals surface area contributed by atoms with Crippen LogP contribution in [0.1, 0.15) is 0 Å². The van der Waals surface area contributed by atoms with Crippen LogP contribution < -0.4 is 4.74 Å². The number of aromatic nitrogens is 2. The Balaban J connectivity index is 2.62. The number of para-hydroxylation sites is 1. The summed E-state index contributed by atoms with van der Waals surface area (Å²) in [6.45, 7) is 0. The molecule has 0 unspecified atom stereocenters. The molecule has 0 aliphatic carbocycles. The van der Waals surface area contributed by atoms with Crippen molar-refractivity contribution in [2.75, 3.05) is 0 Å². The molecule has 0 N–H and O–H groups in total. The summed E-state index contributed by atoms with van der Waals surface area (Å²) in [5.74, 6) is -0.622. The zero-order chi connectivity index (χ0) is 15.6. The quantitative estimate of drug-likeness (QED) is 0.490. The Morgan fingerprint density at radius 3 is 2.57 bits per heavy atom. The second-order valence-corrected chi connectivity index (χ2v) is 4.01. The third kappa shape index (κ3) is 3.57. The Bertz CT molecular complexity index is 694. The van der Waals surface area contributed by atoms with E-state index in [9.17, 15) is 23.3 Å². The van der Waals surface area contributed by atoms with Crippen molar-refractivity contribution in [2.24, 2.45) is 0 Å². The summed E-state index contributed by atoms with van der Waals surface area (Å²) < 4.78 is 40.9. The monoisotopic (exact) mass is 319 g/mol. The number of nitrogens with zero attached hydrogens (tertiary/aromatic N) is 3. The van der Waals surface area contributed by atoms with Crippen molar-refractivity contribution in [3.05, 3.63) is 45.9 Å². The van der Waals surface area contributed by atoms with Gasteiger partial charge in [0.25, 0.3) is 0 Å². The first-order valence-electron chi connectivity index (χ1n) is 5.30. The molecule has 0 saturated heterocycles. The number of alkyl halides is 3. The zero-order valence-corrected chi connectivity index (χ0v) is 10.7. The summed E-state index contributed by atoms with van der Waals surface area (Å²) in [5.41, 5.74) is -1.16. The highest BCUT2D eigenvalue weighted by molar-refractivity contribution is 6.28. The molecule has 0 atom stereocenters. The van der Waals surface area contributed by atoms with Crippen molar-refractivity contribution >= 4 is 17.3 Å². The minimum absolute atomic E-state index is 0.217. The lowest BCUT2D eigenvalue weighted by atomic mass is 10.1. The minimum atomic E-state index is -4.94. The molecule has 2 rings (SSSR count). The summed E-state index contributed by atoms with van der Waals surface area (Å²) in [4.78, 5) is 17.2. The first kappa shape index (κ1) is 15.0. The first-order chi connectivity index (χ1) is 9.78. The van der Waals surface area contributed by atoms with E-state index < -0.39 is 22.7 Å². The predicted molar refractivity (Wildman–Crippen MR) is 65.8 cm³/mol. The molecule has 0 spiro atoms. The van der Waals surface area contributed by atoms with Gasteiger partial charge >= 0.3 is 12.0 Å². The highest BCUT2D eigenvalue weighted by Crippen LogP contribution is 2.37. The van der Waals surface area contributed by atoms with Crippen molar-refractivity contribution in [3.8, 4) is 17.0 Å². The van der Waals surface area contributed by atoms with Gasteiger partial charge in [-0.15, -0.1) is 13.2 Å².